The van der Waals surface area contributed by atoms with Crippen LogP contribution in [0.1, 0.15) is 35.8 Å². The highest BCUT2D eigenvalue weighted by molar-refractivity contribution is 5.93. The van der Waals surface area contributed by atoms with Gasteiger partial charge in [-0.15, -0.1) is 0 Å². The number of hydrogen-bond acceptors (Lipinski definition) is 3. The van der Waals surface area contributed by atoms with Crippen molar-refractivity contribution in [3.63, 3.8) is 0 Å². The van der Waals surface area contributed by atoms with E-state index in [1.54, 1.807) is 12.1 Å². The molecule has 0 saturated carbocycles. The van der Waals surface area contributed by atoms with Crippen LogP contribution >= 0.6 is 0 Å². The van der Waals surface area contributed by atoms with Crippen LogP contribution in [0.15, 0.2) is 48.5 Å². The molecular formula is C17H20N2O2. The van der Waals surface area contributed by atoms with Crippen molar-refractivity contribution in [1.29, 1.82) is 0 Å². The quantitative estimate of drug-likeness (QED) is 0.855. The predicted octanol–water partition coefficient (Wildman–Crippen LogP) is 3.36. The molecule has 0 aromatic heterocycles. The fraction of sp³-hybridized carbons (Fsp3) is 0.235. The van der Waals surface area contributed by atoms with E-state index >= 15 is 0 Å². The van der Waals surface area contributed by atoms with Gasteiger partial charge < -0.3 is 15.8 Å². The average molecular weight is 284 g/mol. The Bertz CT molecular complexity index is 608. The van der Waals surface area contributed by atoms with Gasteiger partial charge in [-0.05, 0) is 49.7 Å². The lowest BCUT2D eigenvalue weighted by Gasteiger charge is -2.16. The normalized spacial score (nSPS) is 11.7. The lowest BCUT2D eigenvalue weighted by Crippen LogP contribution is -2.12. The molecule has 0 radical (unpaired) electrons. The molecule has 21 heavy (non-hydrogen) atoms. The van der Waals surface area contributed by atoms with Gasteiger partial charge >= 0.3 is 0 Å². The third-order valence-electron chi connectivity index (χ3n) is 3.22. The van der Waals surface area contributed by atoms with Crippen molar-refractivity contribution in [3.05, 3.63) is 59.7 Å². The molecule has 1 atom stereocenters. The van der Waals surface area contributed by atoms with Crippen molar-refractivity contribution in [3.8, 4) is 5.75 Å². The molecule has 0 fully saturated rings. The Balaban J connectivity index is 2.08. The second kappa shape index (κ2) is 6.79. The Labute approximate surface area is 124 Å². The van der Waals surface area contributed by atoms with Gasteiger partial charge in [-0.2, -0.15) is 0 Å². The fourth-order valence-corrected chi connectivity index (χ4v) is 2.11. The number of primary amides is 1. The molecule has 1 amide bonds. The molecule has 1 unspecified atom stereocenters. The van der Waals surface area contributed by atoms with E-state index in [0.717, 1.165) is 17.0 Å². The first-order valence-electron chi connectivity index (χ1n) is 6.99. The second-order valence-corrected chi connectivity index (χ2v) is 4.81. The second-order valence-electron chi connectivity index (χ2n) is 4.81. The van der Waals surface area contributed by atoms with Crippen LogP contribution in [0.5, 0.6) is 5.75 Å². The number of ether oxygens (including phenoxy) is 1. The predicted molar refractivity (Wildman–Crippen MR) is 84.6 cm³/mol. The molecule has 0 spiro atoms. The zero-order valence-electron chi connectivity index (χ0n) is 12.3. The first-order valence-corrected chi connectivity index (χ1v) is 6.99. The van der Waals surface area contributed by atoms with Crippen LogP contribution in [0.3, 0.4) is 0 Å². The van der Waals surface area contributed by atoms with E-state index in [1.165, 1.54) is 0 Å². The number of anilines is 1. The van der Waals surface area contributed by atoms with Gasteiger partial charge in [0, 0.05) is 17.3 Å². The zero-order valence-corrected chi connectivity index (χ0v) is 12.3. The summed E-state index contributed by atoms with van der Waals surface area (Å²) in [5.41, 5.74) is 7.80. The topological polar surface area (TPSA) is 64.3 Å². The summed E-state index contributed by atoms with van der Waals surface area (Å²) in [7, 11) is 0. The number of rotatable bonds is 6. The highest BCUT2D eigenvalue weighted by Gasteiger charge is 2.07. The summed E-state index contributed by atoms with van der Waals surface area (Å²) in [4.78, 5) is 11.2. The van der Waals surface area contributed by atoms with Crippen LogP contribution in [0.2, 0.25) is 0 Å². The first-order chi connectivity index (χ1) is 10.1. The number of carbonyl (C=O) groups excluding carboxylic acids is 1. The van der Waals surface area contributed by atoms with Crippen molar-refractivity contribution in [1.82, 2.24) is 0 Å². The van der Waals surface area contributed by atoms with Gasteiger partial charge in [0.1, 0.15) is 5.75 Å². The molecule has 4 heteroatoms. The third kappa shape index (κ3) is 3.99. The van der Waals surface area contributed by atoms with E-state index in [1.807, 2.05) is 43.3 Å². The van der Waals surface area contributed by atoms with Gasteiger partial charge in [0.15, 0.2) is 0 Å². The van der Waals surface area contributed by atoms with Gasteiger partial charge in [-0.3, -0.25) is 4.79 Å². The highest BCUT2D eigenvalue weighted by atomic mass is 16.5. The number of benzene rings is 2. The molecule has 0 aliphatic rings. The largest absolute Gasteiger partial charge is 0.494 e. The van der Waals surface area contributed by atoms with E-state index in [2.05, 4.69) is 12.2 Å². The van der Waals surface area contributed by atoms with Gasteiger partial charge in [0.05, 0.1) is 6.61 Å². The number of hydrogen-bond donors (Lipinski definition) is 2. The summed E-state index contributed by atoms with van der Waals surface area (Å²) in [5, 5.41) is 3.36. The molecule has 0 heterocycles. The summed E-state index contributed by atoms with van der Waals surface area (Å²) >= 11 is 0. The lowest BCUT2D eigenvalue weighted by atomic mass is 10.1. The maximum atomic E-state index is 11.2. The molecule has 2 aromatic carbocycles. The Kier molecular flexibility index (Phi) is 4.82. The summed E-state index contributed by atoms with van der Waals surface area (Å²) in [5.74, 6) is 0.441. The molecule has 0 bridgehead atoms. The van der Waals surface area contributed by atoms with Crippen molar-refractivity contribution in [2.45, 2.75) is 19.9 Å². The molecular weight excluding hydrogens is 264 g/mol. The minimum absolute atomic E-state index is 0.115. The number of carbonyl (C=O) groups is 1. The standard InChI is InChI=1S/C17H20N2O2/c1-3-21-16-9-7-13(8-10-16)12(2)19-15-6-4-5-14(11-15)17(18)20/h4-12,19H,3H2,1-2H3,(H2,18,20). The van der Waals surface area contributed by atoms with Crippen LogP contribution in [0.4, 0.5) is 5.69 Å². The maximum Gasteiger partial charge on any atom is 0.248 e. The number of amides is 1. The van der Waals surface area contributed by atoms with Crippen LogP contribution in [-0.4, -0.2) is 12.5 Å². The Morgan fingerprint density at radius 3 is 2.57 bits per heavy atom. The van der Waals surface area contributed by atoms with Gasteiger partial charge in [0.25, 0.3) is 0 Å². The molecule has 3 N–H and O–H groups in total. The maximum absolute atomic E-state index is 11.2. The Hall–Kier alpha value is -2.49. The third-order valence-corrected chi connectivity index (χ3v) is 3.22. The molecule has 0 saturated heterocycles. The van der Waals surface area contributed by atoms with Crippen molar-refractivity contribution >= 4 is 11.6 Å². The van der Waals surface area contributed by atoms with Crippen molar-refractivity contribution < 1.29 is 9.53 Å². The molecule has 0 aliphatic heterocycles. The number of nitrogens with two attached hydrogens (primary N) is 1. The molecule has 4 nitrogen and oxygen atoms in total. The monoisotopic (exact) mass is 284 g/mol. The first kappa shape index (κ1) is 14.9. The van der Waals surface area contributed by atoms with Crippen LogP contribution in [0.25, 0.3) is 0 Å². The van der Waals surface area contributed by atoms with Gasteiger partial charge in [-0.1, -0.05) is 18.2 Å². The molecule has 0 aliphatic carbocycles. The van der Waals surface area contributed by atoms with Crippen LogP contribution in [0, 0.1) is 0 Å². The van der Waals surface area contributed by atoms with Crippen LogP contribution < -0.4 is 15.8 Å². The summed E-state index contributed by atoms with van der Waals surface area (Å²) in [6, 6.07) is 15.3. The smallest absolute Gasteiger partial charge is 0.248 e. The summed E-state index contributed by atoms with van der Waals surface area (Å²) < 4.78 is 5.43. The average Bonchev–Trinajstić information content (AvgIpc) is 2.48. The SMILES string of the molecule is CCOc1ccc(C(C)Nc2cccc(C(N)=O)c2)cc1. The van der Waals surface area contributed by atoms with E-state index in [9.17, 15) is 4.79 Å². The molecule has 110 valence electrons. The van der Waals surface area contributed by atoms with E-state index in [-0.39, 0.29) is 6.04 Å². The molecule has 2 rings (SSSR count). The highest BCUT2D eigenvalue weighted by Crippen LogP contribution is 2.22. The van der Waals surface area contributed by atoms with Crippen LogP contribution in [-0.2, 0) is 0 Å². The summed E-state index contributed by atoms with van der Waals surface area (Å²) in [6.45, 7) is 4.68. The lowest BCUT2D eigenvalue weighted by molar-refractivity contribution is 0.100. The Morgan fingerprint density at radius 2 is 1.95 bits per heavy atom. The van der Waals surface area contributed by atoms with Crippen molar-refractivity contribution in [2.24, 2.45) is 5.73 Å². The van der Waals surface area contributed by atoms with E-state index in [0.29, 0.717) is 12.2 Å². The minimum Gasteiger partial charge on any atom is -0.494 e. The van der Waals surface area contributed by atoms with Crippen molar-refractivity contribution in [2.75, 3.05) is 11.9 Å². The Morgan fingerprint density at radius 1 is 1.24 bits per heavy atom. The zero-order chi connectivity index (χ0) is 15.2. The summed E-state index contributed by atoms with van der Waals surface area (Å²) in [6.07, 6.45) is 0. The van der Waals surface area contributed by atoms with Gasteiger partial charge in [-0.25, -0.2) is 0 Å². The number of nitrogens with one attached hydrogen (secondary N) is 1. The van der Waals surface area contributed by atoms with E-state index in [4.69, 9.17) is 10.5 Å². The molecule has 2 aromatic rings. The van der Waals surface area contributed by atoms with Gasteiger partial charge in [0.2, 0.25) is 5.91 Å². The fourth-order valence-electron chi connectivity index (χ4n) is 2.11. The minimum atomic E-state index is -0.424. The van der Waals surface area contributed by atoms with E-state index < -0.39 is 5.91 Å².